The lowest BCUT2D eigenvalue weighted by molar-refractivity contribution is -0.139. The Morgan fingerprint density at radius 3 is 2.21 bits per heavy atom. The SMILES string of the molecule is NC(CC(=O)O)C(=O)c1ccccc1C(N)C(=O)O. The van der Waals surface area contributed by atoms with Crippen molar-refractivity contribution in [1.82, 2.24) is 0 Å². The van der Waals surface area contributed by atoms with Crippen LogP contribution in [-0.2, 0) is 9.59 Å². The van der Waals surface area contributed by atoms with Crippen molar-refractivity contribution < 1.29 is 24.6 Å². The van der Waals surface area contributed by atoms with Crippen LogP contribution < -0.4 is 11.5 Å². The van der Waals surface area contributed by atoms with Crippen molar-refractivity contribution in [3.05, 3.63) is 35.4 Å². The molecule has 0 radical (unpaired) electrons. The molecule has 1 aromatic carbocycles. The molecule has 0 aliphatic heterocycles. The molecule has 7 nitrogen and oxygen atoms in total. The lowest BCUT2D eigenvalue weighted by atomic mass is 9.94. The summed E-state index contributed by atoms with van der Waals surface area (Å²) in [6, 6.07) is 3.25. The predicted octanol–water partition coefficient (Wildman–Crippen LogP) is -0.244. The van der Waals surface area contributed by atoms with Crippen molar-refractivity contribution >= 4 is 17.7 Å². The molecule has 0 spiro atoms. The summed E-state index contributed by atoms with van der Waals surface area (Å²) in [5.74, 6) is -3.14. The number of aliphatic carboxylic acids is 2. The minimum Gasteiger partial charge on any atom is -0.481 e. The molecule has 0 aliphatic rings. The van der Waals surface area contributed by atoms with E-state index in [-0.39, 0.29) is 11.1 Å². The van der Waals surface area contributed by atoms with E-state index in [9.17, 15) is 14.4 Å². The Morgan fingerprint density at radius 2 is 1.68 bits per heavy atom. The fraction of sp³-hybridized carbons (Fsp3) is 0.250. The number of nitrogens with two attached hydrogens (primary N) is 2. The van der Waals surface area contributed by atoms with Gasteiger partial charge in [0.15, 0.2) is 5.78 Å². The lowest BCUT2D eigenvalue weighted by Crippen LogP contribution is -2.34. The summed E-state index contributed by atoms with van der Waals surface area (Å²) in [6.07, 6.45) is -0.532. The van der Waals surface area contributed by atoms with Crippen LogP contribution in [0.1, 0.15) is 28.4 Å². The molecule has 0 amide bonds. The summed E-state index contributed by atoms with van der Waals surface area (Å²) in [7, 11) is 0. The summed E-state index contributed by atoms with van der Waals surface area (Å²) in [5, 5.41) is 17.5. The second-order valence-electron chi connectivity index (χ2n) is 3.97. The van der Waals surface area contributed by atoms with E-state index in [4.69, 9.17) is 21.7 Å². The molecule has 1 rings (SSSR count). The lowest BCUT2D eigenvalue weighted by Gasteiger charge is -2.14. The molecule has 2 unspecified atom stereocenters. The Bertz CT molecular complexity index is 515. The number of Topliss-reactive ketones (excluding diaryl/α,β-unsaturated/α-hetero) is 1. The van der Waals surface area contributed by atoms with E-state index in [2.05, 4.69) is 0 Å². The van der Waals surface area contributed by atoms with Crippen LogP contribution in [0.2, 0.25) is 0 Å². The maximum atomic E-state index is 12.0. The number of carboxylic acid groups (broad SMARTS) is 2. The molecule has 0 heterocycles. The monoisotopic (exact) mass is 266 g/mol. The molecule has 0 saturated heterocycles. The van der Waals surface area contributed by atoms with Gasteiger partial charge in [0.1, 0.15) is 6.04 Å². The fourth-order valence-electron chi connectivity index (χ4n) is 1.61. The van der Waals surface area contributed by atoms with Crippen molar-refractivity contribution in [2.75, 3.05) is 0 Å². The first-order valence-electron chi connectivity index (χ1n) is 5.43. The van der Waals surface area contributed by atoms with Crippen LogP contribution in [0.15, 0.2) is 24.3 Å². The largest absolute Gasteiger partial charge is 0.481 e. The fourth-order valence-corrected chi connectivity index (χ4v) is 1.61. The third-order valence-electron chi connectivity index (χ3n) is 2.56. The molecule has 7 heteroatoms. The van der Waals surface area contributed by atoms with Crippen LogP contribution in [-0.4, -0.2) is 34.0 Å². The molecule has 0 saturated carbocycles. The van der Waals surface area contributed by atoms with Gasteiger partial charge in [-0.3, -0.25) is 14.4 Å². The quantitative estimate of drug-likeness (QED) is 0.520. The molecule has 102 valence electrons. The molecule has 0 fully saturated rings. The molecule has 0 aromatic heterocycles. The average Bonchev–Trinajstić information content (AvgIpc) is 2.36. The minimum absolute atomic E-state index is 0.0335. The molecular formula is C12H14N2O5. The number of carbonyl (C=O) groups is 3. The van der Waals surface area contributed by atoms with Gasteiger partial charge in [-0.15, -0.1) is 0 Å². The topological polar surface area (TPSA) is 144 Å². The zero-order valence-corrected chi connectivity index (χ0v) is 9.95. The van der Waals surface area contributed by atoms with Gasteiger partial charge < -0.3 is 21.7 Å². The standard InChI is InChI=1S/C12H14N2O5/c13-8(5-9(15)16)11(17)7-4-2-1-3-6(7)10(14)12(18)19/h1-4,8,10H,5,13-14H2,(H,15,16)(H,18,19). The van der Waals surface area contributed by atoms with Gasteiger partial charge in [0.05, 0.1) is 12.5 Å². The Morgan fingerprint density at radius 1 is 1.11 bits per heavy atom. The van der Waals surface area contributed by atoms with Crippen molar-refractivity contribution in [2.24, 2.45) is 11.5 Å². The van der Waals surface area contributed by atoms with Crippen LogP contribution in [0.5, 0.6) is 0 Å². The van der Waals surface area contributed by atoms with Crippen LogP contribution in [0.3, 0.4) is 0 Å². The number of hydrogen-bond acceptors (Lipinski definition) is 5. The molecule has 1 aromatic rings. The Labute approximate surface area is 108 Å². The van der Waals surface area contributed by atoms with Crippen LogP contribution in [0.25, 0.3) is 0 Å². The normalized spacial score (nSPS) is 13.6. The number of carboxylic acids is 2. The first kappa shape index (κ1) is 14.8. The van der Waals surface area contributed by atoms with Gasteiger partial charge in [0.2, 0.25) is 0 Å². The second kappa shape index (κ2) is 6.07. The summed E-state index contributed by atoms with van der Waals surface area (Å²) in [5.41, 5.74) is 11.1. The van der Waals surface area contributed by atoms with Crippen LogP contribution in [0.4, 0.5) is 0 Å². The highest BCUT2D eigenvalue weighted by molar-refractivity contribution is 6.03. The summed E-state index contributed by atoms with van der Waals surface area (Å²) < 4.78 is 0. The molecule has 2 atom stereocenters. The van der Waals surface area contributed by atoms with Gasteiger partial charge in [-0.2, -0.15) is 0 Å². The highest BCUT2D eigenvalue weighted by atomic mass is 16.4. The smallest absolute Gasteiger partial charge is 0.325 e. The van der Waals surface area contributed by atoms with E-state index < -0.39 is 36.2 Å². The Kier molecular flexibility index (Phi) is 4.74. The third kappa shape index (κ3) is 3.60. The zero-order chi connectivity index (χ0) is 14.6. The number of ketones is 1. The van der Waals surface area contributed by atoms with E-state index in [1.54, 1.807) is 0 Å². The number of benzene rings is 1. The van der Waals surface area contributed by atoms with Crippen molar-refractivity contribution in [3.8, 4) is 0 Å². The molecule has 6 N–H and O–H groups in total. The van der Waals surface area contributed by atoms with Gasteiger partial charge in [0, 0.05) is 5.56 Å². The summed E-state index contributed by atoms with van der Waals surface area (Å²) >= 11 is 0. The van der Waals surface area contributed by atoms with Crippen LogP contribution in [0, 0.1) is 0 Å². The van der Waals surface area contributed by atoms with Crippen molar-refractivity contribution in [1.29, 1.82) is 0 Å². The Hall–Kier alpha value is -2.25. The van der Waals surface area contributed by atoms with Gasteiger partial charge in [-0.25, -0.2) is 0 Å². The number of carbonyl (C=O) groups excluding carboxylic acids is 1. The van der Waals surface area contributed by atoms with Crippen molar-refractivity contribution in [3.63, 3.8) is 0 Å². The van der Waals surface area contributed by atoms with Gasteiger partial charge >= 0.3 is 11.9 Å². The highest BCUT2D eigenvalue weighted by Gasteiger charge is 2.25. The van der Waals surface area contributed by atoms with Crippen molar-refractivity contribution in [2.45, 2.75) is 18.5 Å². The number of hydrogen-bond donors (Lipinski definition) is 4. The average molecular weight is 266 g/mol. The Balaban J connectivity index is 3.10. The second-order valence-corrected chi connectivity index (χ2v) is 3.97. The molecule has 0 bridgehead atoms. The minimum atomic E-state index is -1.36. The summed E-state index contributed by atoms with van der Waals surface area (Å²) in [4.78, 5) is 33.4. The summed E-state index contributed by atoms with van der Waals surface area (Å²) in [6.45, 7) is 0. The van der Waals surface area contributed by atoms with E-state index in [0.717, 1.165) is 0 Å². The van der Waals surface area contributed by atoms with Gasteiger partial charge in [0.25, 0.3) is 0 Å². The van der Waals surface area contributed by atoms with E-state index in [1.807, 2.05) is 0 Å². The highest BCUT2D eigenvalue weighted by Crippen LogP contribution is 2.18. The maximum Gasteiger partial charge on any atom is 0.325 e. The van der Waals surface area contributed by atoms with Crippen LogP contribution >= 0.6 is 0 Å². The zero-order valence-electron chi connectivity index (χ0n) is 9.95. The van der Waals surface area contributed by atoms with E-state index in [0.29, 0.717) is 0 Å². The molecule has 0 aliphatic carbocycles. The third-order valence-corrected chi connectivity index (χ3v) is 2.56. The van der Waals surface area contributed by atoms with Gasteiger partial charge in [-0.05, 0) is 5.56 Å². The van der Waals surface area contributed by atoms with Gasteiger partial charge in [-0.1, -0.05) is 24.3 Å². The maximum absolute atomic E-state index is 12.0. The predicted molar refractivity (Wildman–Crippen MR) is 65.6 cm³/mol. The first-order chi connectivity index (χ1) is 8.84. The number of rotatable bonds is 6. The van der Waals surface area contributed by atoms with E-state index in [1.165, 1.54) is 24.3 Å². The molecule has 19 heavy (non-hydrogen) atoms. The van der Waals surface area contributed by atoms with E-state index >= 15 is 0 Å². The first-order valence-corrected chi connectivity index (χ1v) is 5.43. The molecular weight excluding hydrogens is 252 g/mol.